The molecule has 4 fully saturated rings. The number of aliphatic hydroxyl groups is 1. The number of carbonyl (C=O) groups is 5. The van der Waals surface area contributed by atoms with Gasteiger partial charge in [0.1, 0.15) is 12.2 Å². The quantitative estimate of drug-likeness (QED) is 0.158. The molecule has 52 heavy (non-hydrogen) atoms. The standard InChI is InChI=1S/C38H50O13Si/c1-10-52(11-2,12-3)51-24-18-25-37(19-45-25,49-22(6)40)29-32(47-33(43)23-16-14-13-15-17-23)38-31(48-34(44)50-38)27(41)20(4)26(35(38,7)8)28(46-21(5)39)30(42)36(24,29)9/h13-17,24-25,27-29,31-32,41H,10-12,18-19H2,1-9H3/t24-,25+,27-,28+,29-,31-,32-,36+,37-,38+/m0/s1. The minimum atomic E-state index is -2.54. The molecular formula is C38H50O13Si. The maximum atomic E-state index is 15.8. The summed E-state index contributed by atoms with van der Waals surface area (Å²) in [5.74, 6) is -4.18. The second-order valence-corrected chi connectivity index (χ2v) is 20.3. The van der Waals surface area contributed by atoms with Crippen LogP contribution >= 0.6 is 0 Å². The number of aliphatic hydroxyl groups excluding tert-OH is 1. The largest absolute Gasteiger partial charge is 0.509 e. The first-order valence-electron chi connectivity index (χ1n) is 18.2. The van der Waals surface area contributed by atoms with Gasteiger partial charge in [-0.25, -0.2) is 9.59 Å². The number of esters is 3. The molecule has 5 aliphatic rings. The van der Waals surface area contributed by atoms with E-state index in [1.165, 1.54) is 13.8 Å². The SMILES string of the molecule is CC[Si](CC)(CC)O[C@H]1C[C@H]2OC[C@@]2(OC(C)=O)[C@H]2[C@H](OC(=O)c3ccccc3)[C@]34OC(=O)O[C@H]3[C@@H](O)C(C)=C([C@@H](OC(C)=O)C(=O)[C@]12C)C4(C)C. The van der Waals surface area contributed by atoms with Crippen LogP contribution in [0.1, 0.15) is 79.1 Å². The van der Waals surface area contributed by atoms with Crippen molar-refractivity contribution >= 4 is 38.2 Å². The van der Waals surface area contributed by atoms with Gasteiger partial charge in [0.2, 0.25) is 5.60 Å². The van der Waals surface area contributed by atoms with Crippen molar-refractivity contribution in [3.63, 3.8) is 0 Å². The lowest BCUT2D eigenvalue weighted by Gasteiger charge is -2.68. The van der Waals surface area contributed by atoms with Crippen LogP contribution in [0.3, 0.4) is 0 Å². The fourth-order valence-electron chi connectivity index (χ4n) is 10.1. The number of Topliss-reactive ketones (excluding diaryl/α,β-unsaturated/α-hetero) is 1. The van der Waals surface area contributed by atoms with E-state index in [0.717, 1.165) is 18.1 Å². The summed E-state index contributed by atoms with van der Waals surface area (Å²) in [5.41, 5.74) is -6.33. The molecule has 1 spiro atoms. The second kappa shape index (κ2) is 13.1. The topological polar surface area (TPSA) is 170 Å². The zero-order valence-electron chi connectivity index (χ0n) is 31.3. The Morgan fingerprint density at radius 1 is 0.962 bits per heavy atom. The van der Waals surface area contributed by atoms with Crippen molar-refractivity contribution in [2.75, 3.05) is 6.61 Å². The van der Waals surface area contributed by atoms with Gasteiger partial charge in [0, 0.05) is 25.7 Å². The molecular weight excluding hydrogens is 692 g/mol. The van der Waals surface area contributed by atoms with Crippen molar-refractivity contribution < 1.29 is 61.9 Å². The van der Waals surface area contributed by atoms with Gasteiger partial charge in [-0.15, -0.1) is 0 Å². The molecule has 284 valence electrons. The molecule has 14 heteroatoms. The smallest absolute Gasteiger partial charge is 0.454 e. The predicted octanol–water partition coefficient (Wildman–Crippen LogP) is 4.84. The number of ether oxygens (including phenoxy) is 6. The average Bonchev–Trinajstić information content (AvgIpc) is 3.47. The summed E-state index contributed by atoms with van der Waals surface area (Å²) in [4.78, 5) is 69.8. The van der Waals surface area contributed by atoms with Gasteiger partial charge >= 0.3 is 24.1 Å². The zero-order valence-corrected chi connectivity index (χ0v) is 32.3. The first-order chi connectivity index (χ1) is 24.4. The number of carbonyl (C=O) groups excluding carboxylic acids is 5. The van der Waals surface area contributed by atoms with E-state index in [4.69, 9.17) is 32.8 Å². The van der Waals surface area contributed by atoms with Crippen LogP contribution in [0, 0.1) is 16.7 Å². The lowest BCUT2D eigenvalue weighted by molar-refractivity contribution is -0.344. The highest BCUT2D eigenvalue weighted by molar-refractivity contribution is 6.73. The van der Waals surface area contributed by atoms with Gasteiger partial charge < -0.3 is 38.0 Å². The van der Waals surface area contributed by atoms with Crippen molar-refractivity contribution in [1.29, 1.82) is 0 Å². The molecule has 3 aliphatic carbocycles. The summed E-state index contributed by atoms with van der Waals surface area (Å²) in [6.45, 7) is 15.0. The van der Waals surface area contributed by atoms with Gasteiger partial charge in [-0.3, -0.25) is 14.4 Å². The third-order valence-electron chi connectivity index (χ3n) is 13.0. The molecule has 0 radical (unpaired) electrons. The molecule has 2 bridgehead atoms. The fourth-order valence-corrected chi connectivity index (χ4v) is 13.0. The molecule has 1 aromatic rings. The van der Waals surface area contributed by atoms with Gasteiger partial charge in [0.25, 0.3) is 0 Å². The van der Waals surface area contributed by atoms with E-state index in [1.54, 1.807) is 58.0 Å². The Labute approximate surface area is 304 Å². The van der Waals surface area contributed by atoms with Gasteiger partial charge in [0.15, 0.2) is 38.0 Å². The summed E-state index contributed by atoms with van der Waals surface area (Å²) in [6, 6.07) is 10.4. The first-order valence-corrected chi connectivity index (χ1v) is 20.7. The van der Waals surface area contributed by atoms with Gasteiger partial charge in [-0.1, -0.05) is 52.8 Å². The van der Waals surface area contributed by atoms with Crippen LogP contribution in [0.5, 0.6) is 0 Å². The highest BCUT2D eigenvalue weighted by Gasteiger charge is 2.83. The molecule has 2 saturated carbocycles. The van der Waals surface area contributed by atoms with E-state index in [1.807, 2.05) is 0 Å². The minimum Gasteiger partial charge on any atom is -0.454 e. The molecule has 10 atom stereocenters. The van der Waals surface area contributed by atoms with Crippen molar-refractivity contribution in [1.82, 2.24) is 0 Å². The Morgan fingerprint density at radius 3 is 2.13 bits per heavy atom. The molecule has 2 heterocycles. The molecule has 1 N–H and O–H groups in total. The third kappa shape index (κ3) is 5.22. The van der Waals surface area contributed by atoms with E-state index < -0.39 is 103 Å². The second-order valence-electron chi connectivity index (χ2n) is 15.6. The summed E-state index contributed by atoms with van der Waals surface area (Å²) < 4.78 is 44.3. The monoisotopic (exact) mass is 742 g/mol. The Hall–Kier alpha value is -3.59. The minimum absolute atomic E-state index is 0.129. The Kier molecular flexibility index (Phi) is 9.58. The number of hydrogen-bond acceptors (Lipinski definition) is 13. The van der Waals surface area contributed by atoms with Crippen LogP contribution < -0.4 is 0 Å². The molecule has 2 saturated heterocycles. The molecule has 1 aromatic carbocycles. The Bertz CT molecular complexity index is 1680. The number of benzene rings is 1. The average molecular weight is 743 g/mol. The van der Waals surface area contributed by atoms with Crippen LogP contribution in [0.25, 0.3) is 0 Å². The van der Waals surface area contributed by atoms with Crippen LogP contribution in [-0.2, 0) is 47.2 Å². The van der Waals surface area contributed by atoms with Gasteiger partial charge in [-0.05, 0) is 55.3 Å². The van der Waals surface area contributed by atoms with Crippen LogP contribution in [0.15, 0.2) is 41.5 Å². The predicted molar refractivity (Wildman–Crippen MR) is 185 cm³/mol. The molecule has 13 nitrogen and oxygen atoms in total. The molecule has 0 unspecified atom stereocenters. The highest BCUT2D eigenvalue weighted by Crippen LogP contribution is 2.67. The van der Waals surface area contributed by atoms with Gasteiger partial charge in [-0.2, -0.15) is 0 Å². The van der Waals surface area contributed by atoms with Crippen LogP contribution in [0.2, 0.25) is 18.1 Å². The third-order valence-corrected chi connectivity index (χ3v) is 17.6. The number of fused-ring (bicyclic) bond motifs is 4. The fraction of sp³-hybridized carbons (Fsp3) is 0.658. The molecule has 0 amide bonds. The van der Waals surface area contributed by atoms with Crippen LogP contribution in [-0.4, -0.2) is 97.7 Å². The Morgan fingerprint density at radius 2 is 1.60 bits per heavy atom. The van der Waals surface area contributed by atoms with Crippen molar-refractivity contribution in [3.8, 4) is 0 Å². The summed E-state index contributed by atoms with van der Waals surface area (Å²) in [5, 5.41) is 12.0. The van der Waals surface area contributed by atoms with Crippen LogP contribution in [0.4, 0.5) is 4.79 Å². The number of rotatable bonds is 9. The van der Waals surface area contributed by atoms with E-state index >= 15 is 4.79 Å². The molecule has 0 aromatic heterocycles. The molecule has 2 aliphatic heterocycles. The van der Waals surface area contributed by atoms with Crippen molar-refractivity contribution in [3.05, 3.63) is 47.0 Å². The molecule has 6 rings (SSSR count). The normalized spacial score (nSPS) is 37.5. The summed E-state index contributed by atoms with van der Waals surface area (Å²) in [6.07, 6.45) is -9.00. The van der Waals surface area contributed by atoms with E-state index in [2.05, 4.69) is 20.8 Å². The maximum Gasteiger partial charge on any atom is 0.509 e. The lowest BCUT2D eigenvalue weighted by Crippen LogP contribution is -2.83. The van der Waals surface area contributed by atoms with E-state index in [0.29, 0.717) is 0 Å². The summed E-state index contributed by atoms with van der Waals surface area (Å²) >= 11 is 0. The van der Waals surface area contributed by atoms with E-state index in [9.17, 15) is 24.3 Å². The first kappa shape index (κ1) is 38.1. The summed E-state index contributed by atoms with van der Waals surface area (Å²) in [7, 11) is -2.54. The Balaban J connectivity index is 1.74. The van der Waals surface area contributed by atoms with E-state index in [-0.39, 0.29) is 29.7 Å². The zero-order chi connectivity index (χ0) is 38.2. The van der Waals surface area contributed by atoms with Gasteiger partial charge in [0.05, 0.1) is 29.6 Å². The van der Waals surface area contributed by atoms with Crippen molar-refractivity contribution in [2.24, 2.45) is 16.7 Å². The highest BCUT2D eigenvalue weighted by atomic mass is 28.4. The lowest BCUT2D eigenvalue weighted by atomic mass is 9.44. The number of ketones is 1. The number of hydrogen-bond donors (Lipinski definition) is 1. The maximum absolute atomic E-state index is 15.8. The van der Waals surface area contributed by atoms with Crippen molar-refractivity contribution in [2.45, 2.75) is 135 Å².